The molecule has 24 heavy (non-hydrogen) atoms. The summed E-state index contributed by atoms with van der Waals surface area (Å²) in [5.74, 6) is -0.149. The van der Waals surface area contributed by atoms with Gasteiger partial charge in [0.05, 0.1) is 12.6 Å². The number of para-hydroxylation sites is 1. The van der Waals surface area contributed by atoms with E-state index in [0.717, 1.165) is 11.3 Å². The fourth-order valence-corrected chi connectivity index (χ4v) is 2.42. The number of hydrogen-bond acceptors (Lipinski definition) is 3. The van der Waals surface area contributed by atoms with Crippen molar-refractivity contribution in [2.24, 2.45) is 0 Å². The summed E-state index contributed by atoms with van der Waals surface area (Å²) in [6.07, 6.45) is 0. The summed E-state index contributed by atoms with van der Waals surface area (Å²) in [6, 6.07) is 12.2. The van der Waals surface area contributed by atoms with Crippen LogP contribution in [0.2, 0.25) is 0 Å². The number of carbonyl (C=O) groups is 2. The quantitative estimate of drug-likeness (QED) is 0.804. The maximum atomic E-state index is 13.0. The van der Waals surface area contributed by atoms with E-state index in [1.54, 1.807) is 6.07 Å². The predicted molar refractivity (Wildman–Crippen MR) is 86.2 cm³/mol. The largest absolute Gasteiger partial charge is 0.491 e. The van der Waals surface area contributed by atoms with Crippen LogP contribution in [-0.2, 0) is 4.79 Å². The Morgan fingerprint density at radius 2 is 2.00 bits per heavy atom. The van der Waals surface area contributed by atoms with Crippen molar-refractivity contribution >= 4 is 17.6 Å². The first-order valence-electron chi connectivity index (χ1n) is 7.43. The highest BCUT2D eigenvalue weighted by Gasteiger charge is 2.25. The molecule has 3 rings (SSSR count). The van der Waals surface area contributed by atoms with E-state index < -0.39 is 17.8 Å². The number of urea groups is 1. The highest BCUT2D eigenvalue weighted by molar-refractivity contribution is 5.94. The van der Waals surface area contributed by atoms with E-state index in [1.807, 2.05) is 24.3 Å². The number of nitrogens with one attached hydrogen (secondary N) is 3. The maximum Gasteiger partial charge on any atom is 0.315 e. The molecule has 0 saturated carbocycles. The molecule has 3 amide bonds. The summed E-state index contributed by atoms with van der Waals surface area (Å²) in [7, 11) is 0. The number of amides is 3. The minimum Gasteiger partial charge on any atom is -0.491 e. The fraction of sp³-hybridized carbons (Fsp3) is 0.176. The predicted octanol–water partition coefficient (Wildman–Crippen LogP) is 2.20. The van der Waals surface area contributed by atoms with Gasteiger partial charge in [0, 0.05) is 11.3 Å². The van der Waals surface area contributed by atoms with Gasteiger partial charge >= 0.3 is 6.03 Å². The van der Waals surface area contributed by atoms with Gasteiger partial charge in [0.15, 0.2) is 0 Å². The van der Waals surface area contributed by atoms with Crippen LogP contribution < -0.4 is 20.7 Å². The number of ether oxygens (including phenoxy) is 1. The molecule has 2 aromatic carbocycles. The molecular weight excluding hydrogens is 313 g/mol. The third-order valence-corrected chi connectivity index (χ3v) is 3.52. The van der Waals surface area contributed by atoms with Gasteiger partial charge in [-0.15, -0.1) is 0 Å². The Kier molecular flexibility index (Phi) is 4.60. The van der Waals surface area contributed by atoms with E-state index in [9.17, 15) is 14.0 Å². The van der Waals surface area contributed by atoms with Gasteiger partial charge in [-0.3, -0.25) is 4.79 Å². The molecule has 0 radical (unpaired) electrons. The summed E-state index contributed by atoms with van der Waals surface area (Å²) < 4.78 is 18.5. The molecule has 1 heterocycles. The Balaban J connectivity index is 1.47. The van der Waals surface area contributed by atoms with Gasteiger partial charge in [0.2, 0.25) is 5.91 Å². The number of fused-ring (bicyclic) bond motifs is 1. The molecule has 1 atom stereocenters. The molecule has 0 unspecified atom stereocenters. The van der Waals surface area contributed by atoms with Crippen molar-refractivity contribution in [3.05, 3.63) is 59.9 Å². The topological polar surface area (TPSA) is 79.5 Å². The second kappa shape index (κ2) is 6.99. The molecule has 1 aliphatic heterocycles. The molecule has 0 spiro atoms. The Morgan fingerprint density at radius 3 is 2.83 bits per heavy atom. The van der Waals surface area contributed by atoms with Crippen LogP contribution in [0.4, 0.5) is 14.9 Å². The molecule has 0 fully saturated rings. The lowest BCUT2D eigenvalue weighted by Crippen LogP contribution is -2.42. The van der Waals surface area contributed by atoms with Gasteiger partial charge in [0.1, 0.15) is 18.2 Å². The average Bonchev–Trinajstić information content (AvgIpc) is 2.96. The fourth-order valence-electron chi connectivity index (χ4n) is 2.42. The molecular formula is C17H16FN3O3. The van der Waals surface area contributed by atoms with Gasteiger partial charge in [-0.25, -0.2) is 9.18 Å². The molecule has 2 aromatic rings. The highest BCUT2D eigenvalue weighted by Crippen LogP contribution is 2.31. The van der Waals surface area contributed by atoms with Crippen molar-refractivity contribution < 1.29 is 18.7 Å². The molecule has 3 N–H and O–H groups in total. The Hall–Kier alpha value is -3.09. The molecule has 1 aliphatic rings. The van der Waals surface area contributed by atoms with E-state index in [4.69, 9.17) is 4.74 Å². The van der Waals surface area contributed by atoms with Gasteiger partial charge < -0.3 is 20.7 Å². The average molecular weight is 329 g/mol. The number of carbonyl (C=O) groups excluding carboxylic acids is 2. The van der Waals surface area contributed by atoms with Crippen molar-refractivity contribution in [1.29, 1.82) is 0 Å². The summed E-state index contributed by atoms with van der Waals surface area (Å²) in [6.45, 7) is 0.125. The van der Waals surface area contributed by atoms with E-state index in [-0.39, 0.29) is 12.6 Å². The standard InChI is InChI=1S/C17H16FN3O3/c18-11-4-3-5-12(8-11)20-16(22)9-19-17(23)21-14-10-24-15-7-2-1-6-13(14)15/h1-8,14H,9-10H2,(H,20,22)(H2,19,21,23)/t14-/m0/s1. The molecule has 124 valence electrons. The summed E-state index contributed by atoms with van der Waals surface area (Å²) in [4.78, 5) is 23.7. The van der Waals surface area contributed by atoms with Crippen LogP contribution in [0.1, 0.15) is 11.6 Å². The zero-order valence-corrected chi connectivity index (χ0v) is 12.7. The zero-order chi connectivity index (χ0) is 16.9. The molecule has 7 heteroatoms. The number of halogens is 1. The SMILES string of the molecule is O=C(CNC(=O)N[C@H]1COc2ccccc21)Nc1cccc(F)c1. The molecule has 0 bridgehead atoms. The summed E-state index contributed by atoms with van der Waals surface area (Å²) >= 11 is 0. The van der Waals surface area contributed by atoms with Crippen LogP contribution in [0, 0.1) is 5.82 Å². The summed E-state index contributed by atoms with van der Waals surface area (Å²) in [5.41, 5.74) is 1.23. The zero-order valence-electron chi connectivity index (χ0n) is 12.7. The smallest absolute Gasteiger partial charge is 0.315 e. The number of benzene rings is 2. The number of hydrogen-bond donors (Lipinski definition) is 3. The first-order valence-corrected chi connectivity index (χ1v) is 7.43. The minimum atomic E-state index is -0.477. The van der Waals surface area contributed by atoms with E-state index in [0.29, 0.717) is 12.3 Å². The van der Waals surface area contributed by atoms with Crippen LogP contribution in [0.25, 0.3) is 0 Å². The molecule has 6 nitrogen and oxygen atoms in total. The monoisotopic (exact) mass is 329 g/mol. The van der Waals surface area contributed by atoms with Crippen molar-refractivity contribution in [3.8, 4) is 5.75 Å². The Morgan fingerprint density at radius 1 is 1.17 bits per heavy atom. The lowest BCUT2D eigenvalue weighted by molar-refractivity contribution is -0.115. The number of rotatable bonds is 4. The number of anilines is 1. The van der Waals surface area contributed by atoms with Crippen molar-refractivity contribution in [2.45, 2.75) is 6.04 Å². The lowest BCUT2D eigenvalue weighted by atomic mass is 10.1. The first-order chi connectivity index (χ1) is 11.6. The van der Waals surface area contributed by atoms with E-state index >= 15 is 0 Å². The Bertz CT molecular complexity index is 766. The van der Waals surface area contributed by atoms with Gasteiger partial charge in [-0.2, -0.15) is 0 Å². The normalized spacial score (nSPS) is 15.1. The summed E-state index contributed by atoms with van der Waals surface area (Å²) in [5, 5.41) is 7.71. The Labute approximate surface area is 138 Å². The molecule has 0 saturated heterocycles. The van der Waals surface area contributed by atoms with Crippen LogP contribution in [0.5, 0.6) is 5.75 Å². The van der Waals surface area contributed by atoms with Gasteiger partial charge in [-0.1, -0.05) is 24.3 Å². The van der Waals surface area contributed by atoms with Crippen molar-refractivity contribution in [2.75, 3.05) is 18.5 Å². The third kappa shape index (κ3) is 3.81. The lowest BCUT2D eigenvalue weighted by Gasteiger charge is -2.13. The van der Waals surface area contributed by atoms with E-state index in [1.165, 1.54) is 18.2 Å². The van der Waals surface area contributed by atoms with Gasteiger partial charge in [0.25, 0.3) is 0 Å². The second-order valence-corrected chi connectivity index (χ2v) is 5.29. The highest BCUT2D eigenvalue weighted by atomic mass is 19.1. The van der Waals surface area contributed by atoms with Crippen LogP contribution in [0.15, 0.2) is 48.5 Å². The van der Waals surface area contributed by atoms with Gasteiger partial charge in [-0.05, 0) is 24.3 Å². The van der Waals surface area contributed by atoms with Crippen LogP contribution in [0.3, 0.4) is 0 Å². The second-order valence-electron chi connectivity index (χ2n) is 5.29. The molecule has 0 aromatic heterocycles. The first kappa shape index (κ1) is 15.8. The third-order valence-electron chi connectivity index (χ3n) is 3.52. The van der Waals surface area contributed by atoms with Crippen molar-refractivity contribution in [3.63, 3.8) is 0 Å². The van der Waals surface area contributed by atoms with Crippen LogP contribution in [-0.4, -0.2) is 25.1 Å². The van der Waals surface area contributed by atoms with Crippen LogP contribution >= 0.6 is 0 Å². The van der Waals surface area contributed by atoms with Crippen molar-refractivity contribution in [1.82, 2.24) is 10.6 Å². The van der Waals surface area contributed by atoms with E-state index in [2.05, 4.69) is 16.0 Å². The minimum absolute atomic E-state index is 0.225. The maximum absolute atomic E-state index is 13.0. The molecule has 0 aliphatic carbocycles.